The number of fused-ring (bicyclic) bond motifs is 1. The van der Waals surface area contributed by atoms with E-state index in [0.29, 0.717) is 21.6 Å². The minimum absolute atomic E-state index is 0.142. The maximum absolute atomic E-state index is 13.1. The highest BCUT2D eigenvalue weighted by molar-refractivity contribution is 7.99. The van der Waals surface area contributed by atoms with Crippen LogP contribution in [0.2, 0.25) is 0 Å². The number of carbonyl (C=O) groups is 2. The molecule has 3 rings (SSSR count). The van der Waals surface area contributed by atoms with Gasteiger partial charge in [-0.1, -0.05) is 36.0 Å². The van der Waals surface area contributed by atoms with Gasteiger partial charge in [0.1, 0.15) is 5.82 Å². The van der Waals surface area contributed by atoms with Gasteiger partial charge in [-0.2, -0.15) is 0 Å². The zero-order chi connectivity index (χ0) is 19.4. The highest BCUT2D eigenvalue weighted by Crippen LogP contribution is 2.19. The summed E-state index contributed by atoms with van der Waals surface area (Å²) in [6, 6.07) is 11.7. The van der Waals surface area contributed by atoms with E-state index in [1.807, 2.05) is 5.32 Å². The number of thioether (sulfide) groups is 1. The van der Waals surface area contributed by atoms with Crippen LogP contribution in [0.5, 0.6) is 0 Å². The summed E-state index contributed by atoms with van der Waals surface area (Å²) in [6.07, 6.45) is 0. The molecule has 0 aliphatic rings. The molecule has 0 bridgehead atoms. The lowest BCUT2D eigenvalue weighted by molar-refractivity contribution is -0.117. The molecule has 0 saturated carbocycles. The zero-order valence-electron chi connectivity index (χ0n) is 14.0. The lowest BCUT2D eigenvalue weighted by atomic mass is 10.2. The Balaban J connectivity index is 1.98. The molecule has 0 aliphatic carbocycles. The van der Waals surface area contributed by atoms with E-state index in [2.05, 4.69) is 4.98 Å². The van der Waals surface area contributed by atoms with Crippen molar-refractivity contribution in [3.05, 3.63) is 70.3 Å². The number of halogens is 1. The first-order valence-electron chi connectivity index (χ1n) is 7.90. The van der Waals surface area contributed by atoms with Gasteiger partial charge in [0, 0.05) is 0 Å². The van der Waals surface area contributed by atoms with Gasteiger partial charge in [-0.25, -0.2) is 14.2 Å². The summed E-state index contributed by atoms with van der Waals surface area (Å²) in [5.74, 6) is -1.11. The number of carbonyl (C=O) groups excluding carboxylic acids is 2. The molecule has 0 aliphatic heterocycles. The van der Waals surface area contributed by atoms with E-state index in [-0.39, 0.29) is 23.7 Å². The number of benzene rings is 2. The van der Waals surface area contributed by atoms with Crippen LogP contribution in [0, 0.1) is 5.82 Å². The maximum atomic E-state index is 13.1. The molecule has 7 nitrogen and oxygen atoms in total. The average molecular weight is 386 g/mol. The third-order valence-electron chi connectivity index (χ3n) is 3.68. The molecule has 0 radical (unpaired) electrons. The highest BCUT2D eigenvalue weighted by atomic mass is 32.2. The number of nitrogens with two attached hydrogens (primary N) is 1. The number of nitrogens with one attached hydrogen (secondary N) is 1. The first kappa shape index (κ1) is 18.6. The molecule has 0 unspecified atom stereocenters. The number of hydrogen-bond acceptors (Lipinski definition) is 5. The molecule has 2 aromatic carbocycles. The van der Waals surface area contributed by atoms with E-state index in [4.69, 9.17) is 5.73 Å². The minimum Gasteiger partial charge on any atom is -0.351 e. The van der Waals surface area contributed by atoms with Gasteiger partial charge in [0.25, 0.3) is 5.56 Å². The summed E-state index contributed by atoms with van der Waals surface area (Å²) in [5, 5.41) is 2.71. The van der Waals surface area contributed by atoms with E-state index in [1.54, 1.807) is 36.4 Å². The fourth-order valence-corrected chi connectivity index (χ4v) is 3.27. The number of amides is 3. The third kappa shape index (κ3) is 4.50. The van der Waals surface area contributed by atoms with Crippen LogP contribution in [0.25, 0.3) is 10.9 Å². The summed E-state index contributed by atoms with van der Waals surface area (Å²) in [6.45, 7) is 0.163. The Hall–Kier alpha value is -3.20. The summed E-state index contributed by atoms with van der Waals surface area (Å²) in [5.41, 5.74) is 5.85. The minimum atomic E-state index is -0.948. The highest BCUT2D eigenvalue weighted by Gasteiger charge is 2.14. The largest absolute Gasteiger partial charge is 0.351 e. The van der Waals surface area contributed by atoms with Gasteiger partial charge in [0.15, 0.2) is 5.16 Å². The third-order valence-corrected chi connectivity index (χ3v) is 4.65. The Bertz CT molecular complexity index is 1070. The topological polar surface area (TPSA) is 107 Å². The molecular formula is C18H15FN4O3S. The van der Waals surface area contributed by atoms with Crippen LogP contribution in [-0.4, -0.2) is 27.2 Å². The summed E-state index contributed by atoms with van der Waals surface area (Å²) in [7, 11) is 0. The molecule has 0 spiro atoms. The van der Waals surface area contributed by atoms with Gasteiger partial charge in [0.05, 0.1) is 23.2 Å². The number of para-hydroxylation sites is 1. The molecule has 27 heavy (non-hydrogen) atoms. The Morgan fingerprint density at radius 3 is 2.56 bits per heavy atom. The molecule has 3 amide bonds. The van der Waals surface area contributed by atoms with Crippen molar-refractivity contribution in [3.8, 4) is 0 Å². The number of nitrogens with zero attached hydrogens (tertiary/aromatic N) is 2. The first-order valence-corrected chi connectivity index (χ1v) is 8.88. The normalized spacial score (nSPS) is 10.7. The van der Waals surface area contributed by atoms with Gasteiger partial charge in [-0.05, 0) is 29.8 Å². The Labute approximate surface area is 157 Å². The fourth-order valence-electron chi connectivity index (χ4n) is 2.47. The Kier molecular flexibility index (Phi) is 5.51. The zero-order valence-corrected chi connectivity index (χ0v) is 14.8. The number of imide groups is 1. The molecule has 9 heteroatoms. The van der Waals surface area contributed by atoms with Crippen molar-refractivity contribution in [3.63, 3.8) is 0 Å². The van der Waals surface area contributed by atoms with Crippen molar-refractivity contribution in [1.82, 2.24) is 14.9 Å². The van der Waals surface area contributed by atoms with Crippen molar-refractivity contribution in [2.24, 2.45) is 5.73 Å². The Morgan fingerprint density at radius 1 is 1.15 bits per heavy atom. The first-order chi connectivity index (χ1) is 12.9. The summed E-state index contributed by atoms with van der Waals surface area (Å²) >= 11 is 1.01. The van der Waals surface area contributed by atoms with Crippen LogP contribution < -0.4 is 16.6 Å². The summed E-state index contributed by atoms with van der Waals surface area (Å²) < 4.78 is 14.6. The molecule has 3 aromatic rings. The van der Waals surface area contributed by atoms with Gasteiger partial charge >= 0.3 is 6.03 Å². The van der Waals surface area contributed by atoms with Gasteiger partial charge in [0.2, 0.25) is 5.91 Å². The van der Waals surface area contributed by atoms with E-state index in [0.717, 1.165) is 11.8 Å². The predicted molar refractivity (Wildman–Crippen MR) is 100.0 cm³/mol. The smallest absolute Gasteiger partial charge is 0.318 e. The molecule has 138 valence electrons. The number of primary amides is 1. The van der Waals surface area contributed by atoms with E-state index < -0.39 is 11.9 Å². The van der Waals surface area contributed by atoms with Gasteiger partial charge in [-0.3, -0.25) is 19.5 Å². The SMILES string of the molecule is NC(=O)NC(=O)CSc1nc2ccccc2c(=O)n1Cc1ccc(F)cc1. The van der Waals surface area contributed by atoms with Crippen LogP contribution in [0.3, 0.4) is 0 Å². The van der Waals surface area contributed by atoms with Gasteiger partial charge in [-0.15, -0.1) is 0 Å². The van der Waals surface area contributed by atoms with Crippen molar-refractivity contribution in [2.75, 3.05) is 5.75 Å². The number of hydrogen-bond donors (Lipinski definition) is 2. The molecule has 0 saturated heterocycles. The van der Waals surface area contributed by atoms with Gasteiger partial charge < -0.3 is 5.73 Å². The van der Waals surface area contributed by atoms with Crippen LogP contribution >= 0.6 is 11.8 Å². The monoisotopic (exact) mass is 386 g/mol. The van der Waals surface area contributed by atoms with E-state index in [9.17, 15) is 18.8 Å². The molecular weight excluding hydrogens is 371 g/mol. The number of urea groups is 1. The number of rotatable bonds is 5. The Morgan fingerprint density at radius 2 is 1.85 bits per heavy atom. The summed E-state index contributed by atoms with van der Waals surface area (Å²) in [4.78, 5) is 39.8. The standard InChI is InChI=1S/C18H15FN4O3S/c19-12-7-5-11(6-8-12)9-23-16(25)13-3-1-2-4-14(13)21-18(23)27-10-15(24)22-17(20)26/h1-8H,9-10H2,(H3,20,22,24,26). The average Bonchev–Trinajstić information content (AvgIpc) is 2.64. The maximum Gasteiger partial charge on any atom is 0.318 e. The second kappa shape index (κ2) is 8.00. The predicted octanol–water partition coefficient (Wildman–Crippen LogP) is 1.87. The second-order valence-corrected chi connectivity index (χ2v) is 6.57. The molecule has 0 atom stereocenters. The van der Waals surface area contributed by atoms with Crippen molar-refractivity contribution >= 4 is 34.6 Å². The lowest BCUT2D eigenvalue weighted by Gasteiger charge is -2.13. The second-order valence-electron chi connectivity index (χ2n) is 5.63. The lowest BCUT2D eigenvalue weighted by Crippen LogP contribution is -2.36. The van der Waals surface area contributed by atoms with Crippen molar-refractivity contribution in [1.29, 1.82) is 0 Å². The molecule has 1 aromatic heterocycles. The quantitative estimate of drug-likeness (QED) is 0.514. The fraction of sp³-hybridized carbons (Fsp3) is 0.111. The van der Waals surface area contributed by atoms with Crippen LogP contribution in [-0.2, 0) is 11.3 Å². The van der Waals surface area contributed by atoms with E-state index >= 15 is 0 Å². The molecule has 0 fully saturated rings. The molecule has 3 N–H and O–H groups in total. The van der Waals surface area contributed by atoms with Crippen molar-refractivity contribution < 1.29 is 14.0 Å². The van der Waals surface area contributed by atoms with E-state index in [1.165, 1.54) is 16.7 Å². The van der Waals surface area contributed by atoms with Crippen LogP contribution in [0.15, 0.2) is 58.5 Å². The van der Waals surface area contributed by atoms with Crippen molar-refractivity contribution in [2.45, 2.75) is 11.7 Å². The van der Waals surface area contributed by atoms with Crippen LogP contribution in [0.1, 0.15) is 5.56 Å². The number of aromatic nitrogens is 2. The molecule has 1 heterocycles. The van der Waals surface area contributed by atoms with Crippen LogP contribution in [0.4, 0.5) is 9.18 Å².